The predicted octanol–water partition coefficient (Wildman–Crippen LogP) is 1.70. The summed E-state index contributed by atoms with van der Waals surface area (Å²) in [7, 11) is 1.69. The highest BCUT2D eigenvalue weighted by Gasteiger charge is 2.43. The Hall–Kier alpha value is -2.32. The number of carbonyl (C=O) groups excluding carboxylic acids is 1. The number of nitrogens with one attached hydrogen (secondary N) is 2. The van der Waals surface area contributed by atoms with E-state index >= 15 is 0 Å². The molecular weight excluding hydrogens is 290 g/mol. The fraction of sp³-hybridized carbons (Fsp3) is 0.444. The lowest BCUT2D eigenvalue weighted by Gasteiger charge is -2.44. The van der Waals surface area contributed by atoms with Crippen molar-refractivity contribution in [3.8, 4) is 0 Å². The minimum absolute atomic E-state index is 0.0386. The van der Waals surface area contributed by atoms with E-state index in [-0.39, 0.29) is 5.78 Å². The fourth-order valence-electron chi connectivity index (χ4n) is 3.32. The summed E-state index contributed by atoms with van der Waals surface area (Å²) in [5.74, 6) is 0.403. The molecule has 5 heteroatoms. The minimum Gasteiger partial charge on any atom is -0.483 e. The summed E-state index contributed by atoms with van der Waals surface area (Å²) in [5, 5.41) is 10.3. The van der Waals surface area contributed by atoms with Gasteiger partial charge in [0.25, 0.3) is 0 Å². The van der Waals surface area contributed by atoms with E-state index < -0.39 is 5.60 Å². The first kappa shape index (κ1) is 15.6. The van der Waals surface area contributed by atoms with E-state index in [9.17, 15) is 4.79 Å². The molecule has 0 bridgehead atoms. The molecule has 1 saturated heterocycles. The van der Waals surface area contributed by atoms with Gasteiger partial charge in [0.15, 0.2) is 11.5 Å². The van der Waals surface area contributed by atoms with Gasteiger partial charge in [-0.25, -0.2) is 0 Å². The highest BCUT2D eigenvalue weighted by atomic mass is 16.5. The number of ether oxygens (including phenoxy) is 1. The Morgan fingerprint density at radius 1 is 1.48 bits per heavy atom. The number of nitrogens with zero attached hydrogens (tertiary/aromatic N) is 1. The van der Waals surface area contributed by atoms with Crippen molar-refractivity contribution in [2.75, 3.05) is 26.7 Å². The first-order chi connectivity index (χ1) is 11.2. The summed E-state index contributed by atoms with van der Waals surface area (Å²) in [6.45, 7) is 2.59. The van der Waals surface area contributed by atoms with Gasteiger partial charge in [-0.2, -0.15) is 0 Å². The van der Waals surface area contributed by atoms with Crippen molar-refractivity contribution in [3.05, 3.63) is 46.7 Å². The molecule has 23 heavy (non-hydrogen) atoms. The number of Topliss-reactive ketones (excluding diaryl/α,β-unsaturated/α-hetero) is 1. The molecule has 2 heterocycles. The molecule has 1 spiro atoms. The zero-order valence-electron chi connectivity index (χ0n) is 13.3. The van der Waals surface area contributed by atoms with Crippen molar-refractivity contribution in [3.63, 3.8) is 0 Å². The smallest absolute Gasteiger partial charge is 0.186 e. The summed E-state index contributed by atoms with van der Waals surface area (Å²) in [6.07, 6.45) is 8.98. The summed E-state index contributed by atoms with van der Waals surface area (Å²) >= 11 is 0. The van der Waals surface area contributed by atoms with Crippen molar-refractivity contribution in [2.45, 2.75) is 24.9 Å². The van der Waals surface area contributed by atoms with Crippen molar-refractivity contribution in [1.29, 1.82) is 5.41 Å². The Balaban J connectivity index is 1.67. The summed E-state index contributed by atoms with van der Waals surface area (Å²) in [5.41, 5.74) is 7.20. The van der Waals surface area contributed by atoms with Crippen LogP contribution in [0.3, 0.4) is 0 Å². The maximum Gasteiger partial charge on any atom is 0.186 e. The lowest BCUT2D eigenvalue weighted by Crippen LogP contribution is -2.50. The zero-order chi connectivity index (χ0) is 16.3. The topological polar surface area (TPSA) is 65.4 Å². The highest BCUT2D eigenvalue weighted by molar-refractivity contribution is 6.01. The van der Waals surface area contributed by atoms with Gasteiger partial charge >= 0.3 is 0 Å². The number of rotatable bonds is 4. The first-order valence-corrected chi connectivity index (χ1v) is 7.90. The number of allylic oxidation sites excluding steroid dienone is 4. The van der Waals surface area contributed by atoms with Gasteiger partial charge in [-0.3, -0.25) is 9.69 Å². The van der Waals surface area contributed by atoms with Crippen molar-refractivity contribution in [2.24, 2.45) is 0 Å². The fourth-order valence-corrected chi connectivity index (χ4v) is 3.32. The third-order valence-electron chi connectivity index (χ3n) is 4.59. The molecule has 2 N–H and O–H groups in total. The molecule has 1 fully saturated rings. The van der Waals surface area contributed by atoms with Gasteiger partial charge in [-0.05, 0) is 12.2 Å². The van der Waals surface area contributed by atoms with Gasteiger partial charge in [0.2, 0.25) is 0 Å². The zero-order valence-corrected chi connectivity index (χ0v) is 13.3. The van der Waals surface area contributed by atoms with E-state index in [1.807, 2.05) is 12.2 Å². The second-order valence-electron chi connectivity index (χ2n) is 6.12. The van der Waals surface area contributed by atoms with Crippen LogP contribution >= 0.6 is 0 Å². The molecule has 5 nitrogen and oxygen atoms in total. The molecule has 0 amide bonds. The molecule has 0 atom stereocenters. The molecule has 0 unspecified atom stereocenters. The van der Waals surface area contributed by atoms with Crippen LogP contribution < -0.4 is 5.32 Å². The van der Waals surface area contributed by atoms with Gasteiger partial charge < -0.3 is 15.5 Å². The van der Waals surface area contributed by atoms with Gasteiger partial charge in [-0.1, -0.05) is 17.5 Å². The number of hydrogen-bond donors (Lipinski definition) is 2. The maximum absolute atomic E-state index is 12.3. The molecule has 0 aromatic rings. The Labute approximate surface area is 136 Å². The van der Waals surface area contributed by atoms with Crippen LogP contribution in [0.15, 0.2) is 46.7 Å². The molecular formula is C18H21N3O2. The van der Waals surface area contributed by atoms with Crippen molar-refractivity contribution in [1.82, 2.24) is 10.2 Å². The van der Waals surface area contributed by atoms with Crippen LogP contribution in [0.25, 0.3) is 0 Å². The Bertz CT molecular complexity index is 681. The molecule has 120 valence electrons. The third-order valence-corrected chi connectivity index (χ3v) is 4.59. The third kappa shape index (κ3) is 3.22. The standard InChI is InChI=1S/C18H21N3O2/c1-20-17-15(22)11-18(23-16(17)12-19)7-9-21(10-8-18)13-14-5-3-2-4-6-14/h2-3,5,12,19-20H,7-11,13H2,1H3. The summed E-state index contributed by atoms with van der Waals surface area (Å²) in [4.78, 5) is 14.7. The van der Waals surface area contributed by atoms with E-state index in [2.05, 4.69) is 27.8 Å². The van der Waals surface area contributed by atoms with Crippen molar-refractivity contribution >= 4 is 12.0 Å². The van der Waals surface area contributed by atoms with Crippen LogP contribution in [0.5, 0.6) is 0 Å². The minimum atomic E-state index is -0.451. The Morgan fingerprint density at radius 3 is 2.87 bits per heavy atom. The SMILES string of the molecule is CNC1=C(C=N)OC2(CCN(CC3=C=C=CC=C3)CC2)CC1=O. The van der Waals surface area contributed by atoms with Crippen LogP contribution in [-0.2, 0) is 9.53 Å². The second kappa shape index (κ2) is 6.43. The molecule has 3 rings (SSSR count). The maximum atomic E-state index is 12.3. The number of likely N-dealkylation sites (tertiary alicyclic amines) is 1. The molecule has 0 aromatic heterocycles. The van der Waals surface area contributed by atoms with Crippen LogP contribution in [0.4, 0.5) is 0 Å². The molecule has 3 aliphatic rings. The lowest BCUT2D eigenvalue weighted by atomic mass is 9.83. The van der Waals surface area contributed by atoms with Gasteiger partial charge in [-0.15, -0.1) is 0 Å². The van der Waals surface area contributed by atoms with Crippen molar-refractivity contribution < 1.29 is 9.53 Å². The van der Waals surface area contributed by atoms with E-state index in [1.54, 1.807) is 7.05 Å². The normalized spacial score (nSPS) is 23.0. The Morgan fingerprint density at radius 2 is 2.26 bits per heavy atom. The summed E-state index contributed by atoms with van der Waals surface area (Å²) < 4.78 is 6.05. The van der Waals surface area contributed by atoms with E-state index in [0.29, 0.717) is 17.9 Å². The average molecular weight is 311 g/mol. The van der Waals surface area contributed by atoms with Crippen LogP contribution in [0.2, 0.25) is 0 Å². The second-order valence-corrected chi connectivity index (χ2v) is 6.12. The highest BCUT2D eigenvalue weighted by Crippen LogP contribution is 2.36. The van der Waals surface area contributed by atoms with Gasteiger partial charge in [0.05, 0.1) is 12.6 Å². The van der Waals surface area contributed by atoms with E-state index in [1.165, 1.54) is 0 Å². The number of hydrogen-bond acceptors (Lipinski definition) is 5. The molecule has 0 aromatic carbocycles. The molecule has 1 aliphatic carbocycles. The quantitative estimate of drug-likeness (QED) is 0.613. The lowest BCUT2D eigenvalue weighted by molar-refractivity contribution is -0.128. The van der Waals surface area contributed by atoms with Crippen LogP contribution in [-0.4, -0.2) is 49.2 Å². The molecule has 0 radical (unpaired) electrons. The predicted molar refractivity (Wildman–Crippen MR) is 88.2 cm³/mol. The monoisotopic (exact) mass is 311 g/mol. The molecule has 2 aliphatic heterocycles. The number of piperidine rings is 1. The molecule has 0 saturated carbocycles. The number of likely N-dealkylation sites (N-methyl/N-ethyl adjacent to an activating group) is 1. The van der Waals surface area contributed by atoms with Gasteiger partial charge in [0, 0.05) is 45.1 Å². The van der Waals surface area contributed by atoms with E-state index in [4.69, 9.17) is 10.1 Å². The van der Waals surface area contributed by atoms with Crippen LogP contribution in [0, 0.1) is 5.41 Å². The summed E-state index contributed by atoms with van der Waals surface area (Å²) in [6, 6.07) is 0. The average Bonchev–Trinajstić information content (AvgIpc) is 2.57. The van der Waals surface area contributed by atoms with E-state index in [0.717, 1.165) is 44.3 Å². The van der Waals surface area contributed by atoms with Gasteiger partial charge in [0.1, 0.15) is 11.3 Å². The number of carbonyl (C=O) groups is 1. The number of ketones is 1. The largest absolute Gasteiger partial charge is 0.483 e. The first-order valence-electron chi connectivity index (χ1n) is 7.90. The Kier molecular flexibility index (Phi) is 4.35. The van der Waals surface area contributed by atoms with Crippen LogP contribution in [0.1, 0.15) is 19.3 Å².